The first-order chi connectivity index (χ1) is 6.11. The Morgan fingerprint density at radius 2 is 2.31 bits per heavy atom. The molecule has 0 bridgehead atoms. The number of ether oxygens (including phenoxy) is 1. The Hall–Kier alpha value is -0.360. The second kappa shape index (κ2) is 4.76. The SMILES string of the molecule is CC(O)COc1cccc(F)c1I. The van der Waals surface area contributed by atoms with Gasteiger partial charge < -0.3 is 9.84 Å². The summed E-state index contributed by atoms with van der Waals surface area (Å²) in [4.78, 5) is 0. The van der Waals surface area contributed by atoms with E-state index in [2.05, 4.69) is 0 Å². The Balaban J connectivity index is 2.71. The van der Waals surface area contributed by atoms with Crippen molar-refractivity contribution >= 4 is 22.6 Å². The van der Waals surface area contributed by atoms with Gasteiger partial charge in [0.05, 0.1) is 9.67 Å². The minimum absolute atomic E-state index is 0.180. The molecule has 0 aromatic heterocycles. The number of rotatable bonds is 3. The van der Waals surface area contributed by atoms with Gasteiger partial charge in [0.25, 0.3) is 0 Å². The fourth-order valence-corrected chi connectivity index (χ4v) is 1.32. The van der Waals surface area contributed by atoms with E-state index >= 15 is 0 Å². The molecule has 0 saturated heterocycles. The van der Waals surface area contributed by atoms with Gasteiger partial charge in [-0.2, -0.15) is 0 Å². The first kappa shape index (κ1) is 10.7. The molecule has 0 heterocycles. The summed E-state index contributed by atoms with van der Waals surface area (Å²) in [5.74, 6) is 0.171. The summed E-state index contributed by atoms with van der Waals surface area (Å²) in [6.45, 7) is 1.80. The van der Waals surface area contributed by atoms with Crippen LogP contribution in [0.2, 0.25) is 0 Å². The van der Waals surface area contributed by atoms with Crippen LogP contribution in [0.4, 0.5) is 4.39 Å². The fourth-order valence-electron chi connectivity index (χ4n) is 0.806. The van der Waals surface area contributed by atoms with Gasteiger partial charge in [0, 0.05) is 0 Å². The van der Waals surface area contributed by atoms with Crippen LogP contribution < -0.4 is 4.74 Å². The van der Waals surface area contributed by atoms with Crippen molar-refractivity contribution in [1.29, 1.82) is 0 Å². The maximum absolute atomic E-state index is 13.0. The van der Waals surface area contributed by atoms with Gasteiger partial charge in [-0.25, -0.2) is 4.39 Å². The van der Waals surface area contributed by atoms with Crippen molar-refractivity contribution in [3.63, 3.8) is 0 Å². The Morgan fingerprint density at radius 1 is 1.62 bits per heavy atom. The molecule has 1 atom stereocenters. The van der Waals surface area contributed by atoms with Gasteiger partial charge >= 0.3 is 0 Å². The minimum Gasteiger partial charge on any atom is -0.490 e. The summed E-state index contributed by atoms with van der Waals surface area (Å²) < 4.78 is 18.6. The van der Waals surface area contributed by atoms with Crippen LogP contribution >= 0.6 is 22.6 Å². The van der Waals surface area contributed by atoms with Gasteiger partial charge in [0.15, 0.2) is 0 Å². The summed E-state index contributed by atoms with van der Waals surface area (Å²) in [6.07, 6.45) is -0.543. The third-order valence-corrected chi connectivity index (χ3v) is 2.44. The van der Waals surface area contributed by atoms with Crippen molar-refractivity contribution in [2.45, 2.75) is 13.0 Å². The molecular formula is C9H10FIO2. The second-order valence-corrected chi connectivity index (χ2v) is 3.79. The Morgan fingerprint density at radius 3 is 2.92 bits per heavy atom. The molecule has 1 N–H and O–H groups in total. The lowest BCUT2D eigenvalue weighted by molar-refractivity contribution is 0.122. The molecule has 1 unspecified atom stereocenters. The average molecular weight is 296 g/mol. The van der Waals surface area contributed by atoms with E-state index in [9.17, 15) is 4.39 Å². The molecule has 0 radical (unpaired) electrons. The molecule has 0 amide bonds. The molecule has 0 aliphatic carbocycles. The van der Waals surface area contributed by atoms with Gasteiger partial charge in [0.1, 0.15) is 18.2 Å². The molecule has 1 aromatic carbocycles. The Kier molecular flexibility index (Phi) is 3.92. The molecule has 2 nitrogen and oxygen atoms in total. The van der Waals surface area contributed by atoms with Crippen LogP contribution in [-0.4, -0.2) is 17.8 Å². The first-order valence-corrected chi connectivity index (χ1v) is 4.94. The lowest BCUT2D eigenvalue weighted by Crippen LogP contribution is -2.13. The predicted octanol–water partition coefficient (Wildman–Crippen LogP) is 2.19. The summed E-state index contributed by atoms with van der Waals surface area (Å²) in [5.41, 5.74) is 0. The fraction of sp³-hybridized carbons (Fsp3) is 0.333. The Bertz CT molecular complexity index is 289. The number of hydrogen-bond donors (Lipinski definition) is 1. The topological polar surface area (TPSA) is 29.5 Å². The van der Waals surface area contributed by atoms with Crippen LogP contribution in [0.3, 0.4) is 0 Å². The van der Waals surface area contributed by atoms with Crippen molar-refractivity contribution in [2.75, 3.05) is 6.61 Å². The van der Waals surface area contributed by atoms with Crippen molar-refractivity contribution in [2.24, 2.45) is 0 Å². The number of hydrogen-bond acceptors (Lipinski definition) is 2. The molecule has 0 fully saturated rings. The van der Waals surface area contributed by atoms with Crippen LogP contribution in [0.15, 0.2) is 18.2 Å². The van der Waals surface area contributed by atoms with Gasteiger partial charge in [-0.15, -0.1) is 0 Å². The molecule has 0 spiro atoms. The third kappa shape index (κ3) is 3.11. The highest BCUT2D eigenvalue weighted by molar-refractivity contribution is 14.1. The first-order valence-electron chi connectivity index (χ1n) is 3.86. The highest BCUT2D eigenvalue weighted by atomic mass is 127. The number of halogens is 2. The summed E-state index contributed by atoms with van der Waals surface area (Å²) in [5, 5.41) is 8.95. The summed E-state index contributed by atoms with van der Waals surface area (Å²) >= 11 is 1.87. The molecule has 72 valence electrons. The average Bonchev–Trinajstić information content (AvgIpc) is 2.07. The molecule has 0 aliphatic rings. The van der Waals surface area contributed by atoms with E-state index in [4.69, 9.17) is 9.84 Å². The molecule has 1 rings (SSSR count). The van der Waals surface area contributed by atoms with Crippen LogP contribution in [0, 0.1) is 9.39 Å². The zero-order valence-corrected chi connectivity index (χ0v) is 9.29. The van der Waals surface area contributed by atoms with Gasteiger partial charge in [-0.1, -0.05) is 6.07 Å². The van der Waals surface area contributed by atoms with Crippen molar-refractivity contribution in [1.82, 2.24) is 0 Å². The van der Waals surface area contributed by atoms with E-state index < -0.39 is 6.10 Å². The van der Waals surface area contributed by atoms with Gasteiger partial charge in [-0.05, 0) is 41.6 Å². The molecule has 0 aliphatic heterocycles. The highest BCUT2D eigenvalue weighted by Gasteiger charge is 2.06. The lowest BCUT2D eigenvalue weighted by Gasteiger charge is -2.09. The van der Waals surface area contributed by atoms with Crippen LogP contribution in [0.1, 0.15) is 6.92 Å². The van der Waals surface area contributed by atoms with E-state index in [0.29, 0.717) is 9.32 Å². The quantitative estimate of drug-likeness (QED) is 0.866. The lowest BCUT2D eigenvalue weighted by atomic mass is 10.3. The smallest absolute Gasteiger partial charge is 0.140 e. The maximum Gasteiger partial charge on any atom is 0.140 e. The van der Waals surface area contributed by atoms with E-state index in [0.717, 1.165) is 0 Å². The summed E-state index contributed by atoms with van der Waals surface area (Å²) in [7, 11) is 0. The third-order valence-electron chi connectivity index (χ3n) is 1.40. The normalized spacial score (nSPS) is 12.6. The molecular weight excluding hydrogens is 286 g/mol. The van der Waals surface area contributed by atoms with Crippen molar-refractivity contribution in [3.05, 3.63) is 27.6 Å². The van der Waals surface area contributed by atoms with Crippen LogP contribution in [0.25, 0.3) is 0 Å². The van der Waals surface area contributed by atoms with E-state index in [1.54, 1.807) is 19.1 Å². The second-order valence-electron chi connectivity index (χ2n) is 2.71. The Labute approximate surface area is 89.9 Å². The predicted molar refractivity (Wildman–Crippen MR) is 56.3 cm³/mol. The highest BCUT2D eigenvalue weighted by Crippen LogP contribution is 2.23. The van der Waals surface area contributed by atoms with E-state index in [1.807, 2.05) is 22.6 Å². The van der Waals surface area contributed by atoms with Crippen molar-refractivity contribution in [3.8, 4) is 5.75 Å². The number of aliphatic hydroxyl groups is 1. The van der Waals surface area contributed by atoms with Gasteiger partial charge in [0.2, 0.25) is 0 Å². The number of aliphatic hydroxyl groups excluding tert-OH is 1. The number of benzene rings is 1. The molecule has 0 saturated carbocycles. The maximum atomic E-state index is 13.0. The molecule has 1 aromatic rings. The minimum atomic E-state index is -0.543. The molecule has 13 heavy (non-hydrogen) atoms. The molecule has 4 heteroatoms. The largest absolute Gasteiger partial charge is 0.490 e. The van der Waals surface area contributed by atoms with E-state index in [-0.39, 0.29) is 12.4 Å². The standard InChI is InChI=1S/C9H10FIO2/c1-6(12)5-13-8-4-2-3-7(10)9(8)11/h2-4,6,12H,5H2,1H3. The van der Waals surface area contributed by atoms with Crippen molar-refractivity contribution < 1.29 is 14.2 Å². The zero-order valence-electron chi connectivity index (χ0n) is 7.13. The van der Waals surface area contributed by atoms with E-state index in [1.165, 1.54) is 6.07 Å². The van der Waals surface area contributed by atoms with Crippen LogP contribution in [0.5, 0.6) is 5.75 Å². The summed E-state index contributed by atoms with van der Waals surface area (Å²) in [6, 6.07) is 4.62. The van der Waals surface area contributed by atoms with Gasteiger partial charge in [-0.3, -0.25) is 0 Å². The van der Waals surface area contributed by atoms with Crippen LogP contribution in [-0.2, 0) is 0 Å². The monoisotopic (exact) mass is 296 g/mol. The zero-order chi connectivity index (χ0) is 9.84.